The fraction of sp³-hybridized carbons (Fsp3) is 0.333. The molecule has 2 aliphatic rings. The summed E-state index contributed by atoms with van der Waals surface area (Å²) >= 11 is 1.20. The van der Waals surface area contributed by atoms with Crippen LogP contribution in [0.25, 0.3) is 0 Å². The molecule has 0 spiro atoms. The fourth-order valence-corrected chi connectivity index (χ4v) is 6.22. The Bertz CT molecular complexity index is 1480. The van der Waals surface area contributed by atoms with Crippen LogP contribution in [-0.2, 0) is 27.4 Å². The number of hydrogen-bond donors (Lipinski definition) is 3. The number of β-lactam (4-membered cyclic amide) rings is 1. The van der Waals surface area contributed by atoms with Crippen molar-refractivity contribution in [1.29, 1.82) is 0 Å². The lowest BCUT2D eigenvalue weighted by Gasteiger charge is -2.47. The van der Waals surface area contributed by atoms with Crippen molar-refractivity contribution in [2.75, 3.05) is 12.3 Å². The number of nitrogens with zero attached hydrogens (tertiary/aromatic N) is 4. The number of aliphatic hydroxyl groups is 1. The molecule has 0 bridgehead atoms. The molecule has 2 aliphatic heterocycles. The highest BCUT2D eigenvalue weighted by Gasteiger charge is 2.61. The van der Waals surface area contributed by atoms with Gasteiger partial charge in [0.1, 0.15) is 12.3 Å². The first-order valence-electron chi connectivity index (χ1n) is 13.0. The second-order valence-corrected chi connectivity index (χ2v) is 10.9. The summed E-state index contributed by atoms with van der Waals surface area (Å²) < 4.78 is 5.03. The minimum Gasteiger partial charge on any atom is -0.477 e. The van der Waals surface area contributed by atoms with Gasteiger partial charge in [0.15, 0.2) is 0 Å². The number of hydrogen-bond acceptors (Lipinski definition) is 11. The Balaban J connectivity index is 1.37. The first kappa shape index (κ1) is 31.1. The Kier molecular flexibility index (Phi) is 9.72. The highest BCUT2D eigenvalue weighted by Crippen LogP contribution is 2.51. The number of nitro groups is 2. The second-order valence-electron chi connectivity index (χ2n) is 9.75. The number of carbonyl (C=O) groups excluding carboxylic acids is 2. The number of nitrogens with one attached hydrogen (secondary N) is 1. The molecule has 15 nitrogen and oxygen atoms in total. The normalized spacial score (nSPS) is 20.0. The average molecular weight is 614 g/mol. The van der Waals surface area contributed by atoms with Crippen LogP contribution in [0.5, 0.6) is 0 Å². The fourth-order valence-electron chi connectivity index (χ4n) is 5.04. The maximum Gasteiger partial charge on any atom is 0.412 e. The molecule has 2 aromatic carbocycles. The number of alkyl carbamates (subject to hydrolysis) is 1. The molecule has 1 fully saturated rings. The zero-order chi connectivity index (χ0) is 31.3. The number of aliphatic carboxylic acids is 1. The minimum absolute atomic E-state index is 0.0843. The van der Waals surface area contributed by atoms with Crippen molar-refractivity contribution in [2.24, 2.45) is 16.8 Å². The lowest BCUT2D eigenvalue weighted by atomic mass is 9.76. The van der Waals surface area contributed by atoms with Crippen molar-refractivity contribution in [3.63, 3.8) is 0 Å². The SMILES string of the molecule is CC(O)C1C(=O)N2C(C(=O)O)=C(SCCN=CNC(=O)OCc3ccc([N+](=O)[O-])cc3)C(Cc3ccc([N+](=O)[O-])cc3)C12. The van der Waals surface area contributed by atoms with Crippen molar-refractivity contribution >= 4 is 47.4 Å². The number of nitro benzene ring substituents is 2. The number of carboxylic acids is 1. The van der Waals surface area contributed by atoms with Gasteiger partial charge >= 0.3 is 12.1 Å². The zero-order valence-corrected chi connectivity index (χ0v) is 23.5. The summed E-state index contributed by atoms with van der Waals surface area (Å²) in [5.41, 5.74) is 0.936. The molecule has 4 unspecified atom stereocenters. The molecule has 4 atom stereocenters. The maximum atomic E-state index is 12.8. The zero-order valence-electron chi connectivity index (χ0n) is 22.7. The molecule has 0 radical (unpaired) electrons. The number of aliphatic imine (C=N–C) groups is 1. The van der Waals surface area contributed by atoms with Crippen LogP contribution in [-0.4, -0.2) is 73.7 Å². The number of rotatable bonds is 13. The third-order valence-corrected chi connectivity index (χ3v) is 8.20. The van der Waals surface area contributed by atoms with Crippen molar-refractivity contribution in [2.45, 2.75) is 32.1 Å². The molecular formula is C27H27N5O10S. The van der Waals surface area contributed by atoms with Crippen LogP contribution in [0.3, 0.4) is 0 Å². The van der Waals surface area contributed by atoms with Crippen LogP contribution in [0.2, 0.25) is 0 Å². The van der Waals surface area contributed by atoms with Crippen LogP contribution in [0.1, 0.15) is 18.1 Å². The number of fused-ring (bicyclic) bond motifs is 1. The monoisotopic (exact) mass is 613 g/mol. The number of aliphatic hydroxyl groups excluding tert-OH is 1. The van der Waals surface area contributed by atoms with Crippen LogP contribution >= 0.6 is 11.8 Å². The summed E-state index contributed by atoms with van der Waals surface area (Å²) in [7, 11) is 0. The molecule has 2 amide bonds. The van der Waals surface area contributed by atoms with Gasteiger partial charge in [0.2, 0.25) is 5.91 Å². The number of carbonyl (C=O) groups is 3. The highest BCUT2D eigenvalue weighted by molar-refractivity contribution is 8.03. The Labute approximate surface area is 248 Å². The Hall–Kier alpha value is -4.83. The largest absolute Gasteiger partial charge is 0.477 e. The van der Waals surface area contributed by atoms with Crippen molar-refractivity contribution in [1.82, 2.24) is 10.2 Å². The van der Waals surface area contributed by atoms with E-state index in [2.05, 4.69) is 10.3 Å². The summed E-state index contributed by atoms with van der Waals surface area (Å²) in [5.74, 6) is -2.71. The van der Waals surface area contributed by atoms with Crippen LogP contribution < -0.4 is 5.32 Å². The molecule has 2 heterocycles. The number of thioether (sulfide) groups is 1. The van der Waals surface area contributed by atoms with Crippen LogP contribution in [0, 0.1) is 32.1 Å². The molecule has 0 aromatic heterocycles. The lowest BCUT2D eigenvalue weighted by Crippen LogP contribution is -2.64. The van der Waals surface area contributed by atoms with Gasteiger partial charge in [-0.3, -0.25) is 35.3 Å². The number of amides is 2. The quantitative estimate of drug-likeness (QED) is 0.0745. The molecule has 4 rings (SSSR count). The first-order chi connectivity index (χ1) is 20.5. The van der Waals surface area contributed by atoms with E-state index in [1.807, 2.05) is 0 Å². The Morgan fingerprint density at radius 1 is 1.09 bits per heavy atom. The van der Waals surface area contributed by atoms with E-state index in [1.54, 1.807) is 12.1 Å². The van der Waals surface area contributed by atoms with E-state index in [0.717, 1.165) is 6.34 Å². The van der Waals surface area contributed by atoms with Gasteiger partial charge in [-0.2, -0.15) is 0 Å². The average Bonchev–Trinajstić information content (AvgIpc) is 3.23. The Morgan fingerprint density at radius 3 is 2.21 bits per heavy atom. The summed E-state index contributed by atoms with van der Waals surface area (Å²) in [6.45, 7) is 1.54. The van der Waals surface area contributed by atoms with Gasteiger partial charge in [-0.05, 0) is 36.6 Å². The van der Waals surface area contributed by atoms with E-state index in [0.29, 0.717) is 28.2 Å². The molecule has 16 heteroatoms. The van der Waals surface area contributed by atoms with Gasteiger partial charge in [0.05, 0.1) is 40.8 Å². The molecular weight excluding hydrogens is 586 g/mol. The van der Waals surface area contributed by atoms with E-state index in [9.17, 15) is 44.8 Å². The van der Waals surface area contributed by atoms with E-state index in [-0.39, 0.29) is 30.2 Å². The van der Waals surface area contributed by atoms with E-state index < -0.39 is 51.8 Å². The minimum atomic E-state index is -1.28. The van der Waals surface area contributed by atoms with Crippen molar-refractivity contribution < 1.29 is 39.2 Å². The second kappa shape index (κ2) is 13.4. The van der Waals surface area contributed by atoms with E-state index in [1.165, 1.54) is 60.0 Å². The van der Waals surface area contributed by atoms with E-state index in [4.69, 9.17) is 4.74 Å². The van der Waals surface area contributed by atoms with Gasteiger partial charge in [0, 0.05) is 40.8 Å². The molecule has 0 aliphatic carbocycles. The number of carboxylic acid groups (broad SMARTS) is 1. The predicted molar refractivity (Wildman–Crippen MR) is 153 cm³/mol. The van der Waals surface area contributed by atoms with Gasteiger partial charge in [-0.1, -0.05) is 12.1 Å². The first-order valence-corrected chi connectivity index (χ1v) is 14.0. The maximum absolute atomic E-state index is 12.8. The smallest absolute Gasteiger partial charge is 0.412 e. The van der Waals surface area contributed by atoms with Crippen LogP contribution in [0.15, 0.2) is 64.1 Å². The van der Waals surface area contributed by atoms with Gasteiger partial charge in [-0.25, -0.2) is 9.59 Å². The van der Waals surface area contributed by atoms with Crippen molar-refractivity contribution in [3.05, 3.63) is 90.5 Å². The molecule has 43 heavy (non-hydrogen) atoms. The van der Waals surface area contributed by atoms with E-state index >= 15 is 0 Å². The van der Waals surface area contributed by atoms with Gasteiger partial charge in [-0.15, -0.1) is 11.8 Å². The third kappa shape index (κ3) is 6.98. The molecule has 0 saturated carbocycles. The summed E-state index contributed by atoms with van der Waals surface area (Å²) in [6.07, 6.45) is -0.366. The number of ether oxygens (including phenoxy) is 1. The van der Waals surface area contributed by atoms with Gasteiger partial charge in [0.25, 0.3) is 11.4 Å². The molecule has 3 N–H and O–H groups in total. The van der Waals surface area contributed by atoms with Gasteiger partial charge < -0.3 is 19.8 Å². The predicted octanol–water partition coefficient (Wildman–Crippen LogP) is 2.87. The molecule has 226 valence electrons. The molecule has 2 aromatic rings. The highest BCUT2D eigenvalue weighted by atomic mass is 32.2. The van der Waals surface area contributed by atoms with Crippen LogP contribution in [0.4, 0.5) is 16.2 Å². The lowest BCUT2D eigenvalue weighted by molar-refractivity contribution is -0.385. The third-order valence-electron chi connectivity index (χ3n) is 7.01. The standard InChI is InChI=1S/C27H27N5O10S/c1-15(33)21-22-20(12-16-2-6-18(7-3-16)31(38)39)24(23(26(35)36)30(22)25(21)34)43-11-10-28-14-29-27(37)42-13-17-4-8-19(9-5-17)32(40)41/h2-9,14-15,20-22,33H,10-13H2,1H3,(H,35,36)(H,28,29,37). The van der Waals surface area contributed by atoms with Crippen molar-refractivity contribution in [3.8, 4) is 0 Å². The summed E-state index contributed by atoms with van der Waals surface area (Å²) in [4.78, 5) is 63.4. The number of benzene rings is 2. The summed E-state index contributed by atoms with van der Waals surface area (Å²) in [5, 5.41) is 44.3. The topological polar surface area (TPSA) is 215 Å². The summed E-state index contributed by atoms with van der Waals surface area (Å²) in [6, 6.07) is 10.8. The number of non-ortho nitro benzene ring substituents is 2. The Morgan fingerprint density at radius 2 is 1.67 bits per heavy atom. The molecule has 1 saturated heterocycles.